The van der Waals surface area contributed by atoms with Crippen LogP contribution in [0.25, 0.3) is 0 Å². The van der Waals surface area contributed by atoms with Crippen LogP contribution in [0.1, 0.15) is 124 Å². The molecule has 0 amide bonds. The molecule has 4 heteroatoms. The predicted octanol–water partition coefficient (Wildman–Crippen LogP) is 7.48. The Kier molecular flexibility index (Phi) is 14.8. The first kappa shape index (κ1) is 26.2. The molecular formula is C26H42O4. The van der Waals surface area contributed by atoms with E-state index >= 15 is 0 Å². The maximum Gasteiger partial charge on any atom is 0.338 e. The van der Waals surface area contributed by atoms with Crippen LogP contribution in [0, 0.1) is 5.92 Å². The summed E-state index contributed by atoms with van der Waals surface area (Å²) in [5.74, 6) is 0.310. The van der Waals surface area contributed by atoms with Crippen LogP contribution in [0.15, 0.2) is 18.2 Å². The van der Waals surface area contributed by atoms with E-state index < -0.39 is 5.97 Å². The molecule has 0 heterocycles. The lowest BCUT2D eigenvalue weighted by Crippen LogP contribution is -2.09. The zero-order valence-electron chi connectivity index (χ0n) is 19.2. The van der Waals surface area contributed by atoms with Gasteiger partial charge in [0.2, 0.25) is 0 Å². The third-order valence-electron chi connectivity index (χ3n) is 5.54. The molecule has 4 nitrogen and oxygen atoms in total. The zero-order valence-corrected chi connectivity index (χ0v) is 19.2. The number of esters is 1. The second kappa shape index (κ2) is 16.9. The second-order valence-corrected chi connectivity index (χ2v) is 8.80. The first-order chi connectivity index (χ1) is 14.5. The highest BCUT2D eigenvalue weighted by Gasteiger charge is 2.12. The van der Waals surface area contributed by atoms with Crippen molar-refractivity contribution in [2.75, 3.05) is 6.61 Å². The number of unbranched alkanes of at least 4 members (excludes halogenated alkanes) is 12. The van der Waals surface area contributed by atoms with Gasteiger partial charge in [0.1, 0.15) is 5.75 Å². The van der Waals surface area contributed by atoms with Crippen LogP contribution in [0.3, 0.4) is 0 Å². The largest absolute Gasteiger partial charge is 0.508 e. The number of aromatic hydroxyl groups is 1. The Labute approximate surface area is 183 Å². The highest BCUT2D eigenvalue weighted by molar-refractivity contribution is 5.98. The van der Waals surface area contributed by atoms with Gasteiger partial charge in [-0.15, -0.1) is 0 Å². The molecule has 1 aromatic carbocycles. The Morgan fingerprint density at radius 3 is 1.87 bits per heavy atom. The summed E-state index contributed by atoms with van der Waals surface area (Å²) in [7, 11) is 0. The van der Waals surface area contributed by atoms with Crippen molar-refractivity contribution in [3.63, 3.8) is 0 Å². The van der Waals surface area contributed by atoms with Crippen LogP contribution >= 0.6 is 0 Å². The molecule has 1 aromatic rings. The van der Waals surface area contributed by atoms with Crippen LogP contribution in [0.4, 0.5) is 0 Å². The molecule has 0 atom stereocenters. The number of rotatable bonds is 18. The average molecular weight is 419 g/mol. The molecule has 0 aromatic heterocycles. The molecule has 0 aliphatic heterocycles. The van der Waals surface area contributed by atoms with Gasteiger partial charge in [0.15, 0.2) is 6.29 Å². The zero-order chi connectivity index (χ0) is 22.0. The van der Waals surface area contributed by atoms with Gasteiger partial charge in [-0.25, -0.2) is 4.79 Å². The number of benzene rings is 1. The van der Waals surface area contributed by atoms with E-state index in [1.165, 1.54) is 95.2 Å². The SMILES string of the molecule is CC(C)CCCCCCCCCCCCCCCOC(=O)c1ccc(O)cc1C=O. The predicted molar refractivity (Wildman–Crippen MR) is 123 cm³/mol. The quantitative estimate of drug-likeness (QED) is 0.152. The van der Waals surface area contributed by atoms with E-state index in [-0.39, 0.29) is 16.9 Å². The Morgan fingerprint density at radius 1 is 0.867 bits per heavy atom. The van der Waals surface area contributed by atoms with Crippen LogP contribution in [-0.2, 0) is 4.74 Å². The van der Waals surface area contributed by atoms with Gasteiger partial charge in [-0.1, -0.05) is 97.3 Å². The summed E-state index contributed by atoms with van der Waals surface area (Å²) in [6.45, 7) is 4.98. The Bertz CT molecular complexity index is 595. The van der Waals surface area contributed by atoms with E-state index in [1.807, 2.05) is 0 Å². The van der Waals surface area contributed by atoms with Gasteiger partial charge in [0.05, 0.1) is 12.2 Å². The normalized spacial score (nSPS) is 11.0. The maximum atomic E-state index is 12.0. The molecule has 0 saturated carbocycles. The van der Waals surface area contributed by atoms with E-state index in [9.17, 15) is 14.7 Å². The minimum Gasteiger partial charge on any atom is -0.508 e. The van der Waals surface area contributed by atoms with Crippen molar-refractivity contribution in [3.05, 3.63) is 29.3 Å². The van der Waals surface area contributed by atoms with E-state index in [0.717, 1.165) is 18.8 Å². The molecule has 0 aliphatic carbocycles. The van der Waals surface area contributed by atoms with Gasteiger partial charge in [-0.3, -0.25) is 4.79 Å². The third kappa shape index (κ3) is 12.7. The van der Waals surface area contributed by atoms with Gasteiger partial charge in [-0.2, -0.15) is 0 Å². The van der Waals surface area contributed by atoms with Crippen LogP contribution in [-0.4, -0.2) is 24.0 Å². The number of ether oxygens (including phenoxy) is 1. The molecule has 170 valence electrons. The molecule has 0 radical (unpaired) electrons. The van der Waals surface area contributed by atoms with Crippen molar-refractivity contribution < 1.29 is 19.4 Å². The Balaban J connectivity index is 1.90. The third-order valence-corrected chi connectivity index (χ3v) is 5.54. The average Bonchev–Trinajstić information content (AvgIpc) is 2.72. The lowest BCUT2D eigenvalue weighted by Gasteiger charge is -2.07. The topological polar surface area (TPSA) is 63.6 Å². The second-order valence-electron chi connectivity index (χ2n) is 8.80. The Hall–Kier alpha value is -1.84. The summed E-state index contributed by atoms with van der Waals surface area (Å²) < 4.78 is 5.25. The van der Waals surface area contributed by atoms with Crippen molar-refractivity contribution in [3.8, 4) is 5.75 Å². The van der Waals surface area contributed by atoms with Crippen LogP contribution < -0.4 is 0 Å². The lowest BCUT2D eigenvalue weighted by molar-refractivity contribution is 0.0495. The Morgan fingerprint density at radius 2 is 1.37 bits per heavy atom. The molecule has 0 aliphatic rings. The van der Waals surface area contributed by atoms with E-state index in [1.54, 1.807) is 0 Å². The summed E-state index contributed by atoms with van der Waals surface area (Å²) in [5, 5.41) is 9.37. The number of hydrogen-bond donors (Lipinski definition) is 1. The lowest BCUT2D eigenvalue weighted by atomic mass is 10.0. The maximum absolute atomic E-state index is 12.0. The number of phenolic OH excluding ortho intramolecular Hbond substituents is 1. The van der Waals surface area contributed by atoms with Crippen molar-refractivity contribution in [1.82, 2.24) is 0 Å². The monoisotopic (exact) mass is 418 g/mol. The summed E-state index contributed by atoms with van der Waals surface area (Å²) >= 11 is 0. The van der Waals surface area contributed by atoms with Crippen molar-refractivity contribution >= 4 is 12.3 Å². The highest BCUT2D eigenvalue weighted by Crippen LogP contribution is 2.17. The summed E-state index contributed by atoms with van der Waals surface area (Å²) in [6, 6.07) is 4.09. The molecule has 1 rings (SSSR count). The standard InChI is InChI=1S/C26H42O4/c1-22(2)16-14-12-10-8-6-4-3-5-7-9-11-13-15-19-30-26(29)25-18-17-24(28)20-23(25)21-27/h17-18,20-22,28H,3-16,19H2,1-2H3. The molecule has 0 spiro atoms. The van der Waals surface area contributed by atoms with Crippen LogP contribution in [0.5, 0.6) is 5.75 Å². The number of aldehydes is 1. The molecule has 0 bridgehead atoms. The van der Waals surface area contributed by atoms with E-state index in [0.29, 0.717) is 12.9 Å². The summed E-state index contributed by atoms with van der Waals surface area (Å²) in [6.07, 6.45) is 18.6. The smallest absolute Gasteiger partial charge is 0.338 e. The number of carbonyl (C=O) groups is 2. The molecule has 30 heavy (non-hydrogen) atoms. The van der Waals surface area contributed by atoms with Gasteiger partial charge in [-0.05, 0) is 30.5 Å². The fraction of sp³-hybridized carbons (Fsp3) is 0.692. The van der Waals surface area contributed by atoms with Gasteiger partial charge < -0.3 is 9.84 Å². The highest BCUT2D eigenvalue weighted by atomic mass is 16.5. The molecular weight excluding hydrogens is 376 g/mol. The summed E-state index contributed by atoms with van der Waals surface area (Å²) in [5.41, 5.74) is 0.365. The minimum absolute atomic E-state index is 0.0363. The van der Waals surface area contributed by atoms with Crippen LogP contribution in [0.2, 0.25) is 0 Å². The van der Waals surface area contributed by atoms with E-state index in [2.05, 4.69) is 13.8 Å². The fourth-order valence-electron chi connectivity index (χ4n) is 3.68. The minimum atomic E-state index is -0.503. The van der Waals surface area contributed by atoms with E-state index in [4.69, 9.17) is 4.74 Å². The molecule has 0 fully saturated rings. The fourth-order valence-corrected chi connectivity index (χ4v) is 3.68. The number of carbonyl (C=O) groups excluding carboxylic acids is 2. The molecule has 0 unspecified atom stereocenters. The number of phenols is 1. The first-order valence-electron chi connectivity index (χ1n) is 12.0. The van der Waals surface area contributed by atoms with Crippen molar-refractivity contribution in [1.29, 1.82) is 0 Å². The van der Waals surface area contributed by atoms with Crippen molar-refractivity contribution in [2.24, 2.45) is 5.92 Å². The van der Waals surface area contributed by atoms with Gasteiger partial charge in [0.25, 0.3) is 0 Å². The van der Waals surface area contributed by atoms with Crippen molar-refractivity contribution in [2.45, 2.75) is 104 Å². The molecule has 0 saturated heterocycles. The number of hydrogen-bond acceptors (Lipinski definition) is 4. The molecule has 1 N–H and O–H groups in total. The first-order valence-corrected chi connectivity index (χ1v) is 12.0. The summed E-state index contributed by atoms with van der Waals surface area (Å²) in [4.78, 5) is 23.0. The van der Waals surface area contributed by atoms with Gasteiger partial charge in [0, 0.05) is 5.56 Å². The van der Waals surface area contributed by atoms with Gasteiger partial charge >= 0.3 is 5.97 Å².